The van der Waals surface area contributed by atoms with Crippen LogP contribution >= 0.6 is 0 Å². The molecule has 1 aromatic rings. The Morgan fingerprint density at radius 3 is 2.64 bits per heavy atom. The van der Waals surface area contributed by atoms with Crippen molar-refractivity contribution in [1.29, 1.82) is 0 Å². The summed E-state index contributed by atoms with van der Waals surface area (Å²) >= 11 is 0. The van der Waals surface area contributed by atoms with Crippen LogP contribution in [0.1, 0.15) is 26.7 Å². The molecule has 0 aliphatic rings. The molecule has 0 aromatic carbocycles. The fraction of sp³-hybridized carbons (Fsp3) is 0.625. The quantitative estimate of drug-likeness (QED) is 0.745. The third-order valence-corrected chi connectivity index (χ3v) is 1.38. The second-order valence-electron chi connectivity index (χ2n) is 4.23. The van der Waals surface area contributed by atoms with Gasteiger partial charge in [0.1, 0.15) is 0 Å². The number of hydrogen-bond acceptors (Lipinski definition) is 4. The molecule has 0 aliphatic carbocycles. The maximum Gasteiger partial charge on any atom is 0.323 e. The van der Waals surface area contributed by atoms with Gasteiger partial charge in [0, 0.05) is 6.42 Å². The standard InChI is InChI=1S/C8H14N4O2/c1-8(2,3)4-5-11-12-7(14-5)10-6(9)13/h4H2,1-3H3,(H3,9,10,12,13). The highest BCUT2D eigenvalue weighted by Gasteiger charge is 2.16. The highest BCUT2D eigenvalue weighted by Crippen LogP contribution is 2.20. The first-order valence-electron chi connectivity index (χ1n) is 4.26. The minimum Gasteiger partial charge on any atom is -0.408 e. The number of nitrogens with one attached hydrogen (secondary N) is 1. The van der Waals surface area contributed by atoms with Crippen LogP contribution in [0.25, 0.3) is 0 Å². The Morgan fingerprint density at radius 2 is 2.14 bits per heavy atom. The molecule has 14 heavy (non-hydrogen) atoms. The SMILES string of the molecule is CC(C)(C)Cc1nnc(NC(N)=O)o1. The number of aromatic nitrogens is 2. The molecule has 0 saturated carbocycles. The van der Waals surface area contributed by atoms with Gasteiger partial charge < -0.3 is 10.2 Å². The van der Waals surface area contributed by atoms with Crippen LogP contribution in [0.15, 0.2) is 4.42 Å². The van der Waals surface area contributed by atoms with Crippen LogP contribution < -0.4 is 11.1 Å². The van der Waals surface area contributed by atoms with Gasteiger partial charge in [-0.05, 0) is 5.41 Å². The number of urea groups is 1. The third-order valence-electron chi connectivity index (χ3n) is 1.38. The summed E-state index contributed by atoms with van der Waals surface area (Å²) in [5.74, 6) is 0.487. The van der Waals surface area contributed by atoms with Crippen molar-refractivity contribution in [3.63, 3.8) is 0 Å². The molecule has 0 spiro atoms. The van der Waals surface area contributed by atoms with Crippen molar-refractivity contribution in [3.05, 3.63) is 5.89 Å². The summed E-state index contributed by atoms with van der Waals surface area (Å²) in [5, 5.41) is 9.59. The summed E-state index contributed by atoms with van der Waals surface area (Å²) in [5.41, 5.74) is 4.95. The van der Waals surface area contributed by atoms with Crippen LogP contribution in [0.4, 0.5) is 10.8 Å². The number of primary amides is 1. The molecule has 3 N–H and O–H groups in total. The van der Waals surface area contributed by atoms with E-state index in [1.165, 1.54) is 0 Å². The highest BCUT2D eigenvalue weighted by atomic mass is 16.4. The van der Waals surface area contributed by atoms with Crippen molar-refractivity contribution >= 4 is 12.0 Å². The number of rotatable bonds is 2. The van der Waals surface area contributed by atoms with Gasteiger partial charge in [-0.2, -0.15) is 0 Å². The molecule has 2 amide bonds. The van der Waals surface area contributed by atoms with Gasteiger partial charge in [-0.3, -0.25) is 5.32 Å². The average molecular weight is 198 g/mol. The van der Waals surface area contributed by atoms with Crippen LogP contribution in [0.3, 0.4) is 0 Å². The average Bonchev–Trinajstić information content (AvgIpc) is 2.30. The van der Waals surface area contributed by atoms with E-state index in [0.717, 1.165) is 0 Å². The van der Waals surface area contributed by atoms with Crippen molar-refractivity contribution in [2.24, 2.45) is 11.1 Å². The molecule has 1 rings (SSSR count). The normalized spacial score (nSPS) is 11.4. The molecule has 0 aliphatic heterocycles. The van der Waals surface area contributed by atoms with Gasteiger partial charge in [-0.25, -0.2) is 4.79 Å². The molecular weight excluding hydrogens is 184 g/mol. The lowest BCUT2D eigenvalue weighted by molar-refractivity contribution is 0.258. The summed E-state index contributed by atoms with van der Waals surface area (Å²) in [4.78, 5) is 10.4. The van der Waals surface area contributed by atoms with Crippen molar-refractivity contribution in [2.75, 3.05) is 5.32 Å². The Morgan fingerprint density at radius 1 is 1.50 bits per heavy atom. The smallest absolute Gasteiger partial charge is 0.323 e. The predicted octanol–water partition coefficient (Wildman–Crippen LogP) is 1.15. The Kier molecular flexibility index (Phi) is 2.73. The zero-order valence-corrected chi connectivity index (χ0v) is 8.50. The first-order chi connectivity index (χ1) is 6.37. The molecule has 0 fully saturated rings. The number of anilines is 1. The number of amides is 2. The zero-order chi connectivity index (χ0) is 10.8. The van der Waals surface area contributed by atoms with E-state index in [9.17, 15) is 4.79 Å². The Balaban J connectivity index is 2.64. The van der Waals surface area contributed by atoms with E-state index in [1.807, 2.05) is 0 Å². The van der Waals surface area contributed by atoms with E-state index in [2.05, 4.69) is 36.3 Å². The third kappa shape index (κ3) is 3.42. The second kappa shape index (κ2) is 3.65. The number of carbonyl (C=O) groups is 1. The Bertz CT molecular complexity index is 326. The Labute approximate surface area is 81.9 Å². The molecule has 78 valence electrons. The lowest BCUT2D eigenvalue weighted by Crippen LogP contribution is -2.19. The maximum absolute atomic E-state index is 10.4. The summed E-state index contributed by atoms with van der Waals surface area (Å²) in [6.07, 6.45) is 0.653. The zero-order valence-electron chi connectivity index (χ0n) is 8.50. The number of hydrogen-bond donors (Lipinski definition) is 2. The number of carbonyl (C=O) groups excluding carboxylic acids is 1. The molecule has 6 nitrogen and oxygen atoms in total. The topological polar surface area (TPSA) is 94.0 Å². The van der Waals surface area contributed by atoms with Crippen molar-refractivity contribution in [1.82, 2.24) is 10.2 Å². The largest absolute Gasteiger partial charge is 0.408 e. The second-order valence-corrected chi connectivity index (χ2v) is 4.23. The van der Waals surface area contributed by atoms with Gasteiger partial charge in [0.15, 0.2) is 0 Å². The monoisotopic (exact) mass is 198 g/mol. The van der Waals surface area contributed by atoms with Crippen LogP contribution in [0.2, 0.25) is 0 Å². The summed E-state index contributed by atoms with van der Waals surface area (Å²) in [6, 6.07) is -0.673. The van der Waals surface area contributed by atoms with Crippen LogP contribution in [-0.4, -0.2) is 16.2 Å². The molecule has 1 heterocycles. The van der Waals surface area contributed by atoms with E-state index in [-0.39, 0.29) is 11.4 Å². The van der Waals surface area contributed by atoms with Crippen molar-refractivity contribution in [3.8, 4) is 0 Å². The van der Waals surface area contributed by atoms with Gasteiger partial charge in [-0.1, -0.05) is 25.9 Å². The first kappa shape index (κ1) is 10.5. The van der Waals surface area contributed by atoms with Crippen LogP contribution in [-0.2, 0) is 6.42 Å². The molecule has 0 radical (unpaired) electrons. The minimum absolute atomic E-state index is 0.0387. The molecule has 0 unspecified atom stereocenters. The molecule has 0 atom stereocenters. The summed E-state index contributed by atoms with van der Waals surface area (Å²) in [7, 11) is 0. The summed E-state index contributed by atoms with van der Waals surface area (Å²) < 4.78 is 5.14. The van der Waals surface area contributed by atoms with Gasteiger partial charge >= 0.3 is 12.0 Å². The van der Waals surface area contributed by atoms with Crippen molar-refractivity contribution in [2.45, 2.75) is 27.2 Å². The van der Waals surface area contributed by atoms with Crippen LogP contribution in [0, 0.1) is 5.41 Å². The lowest BCUT2D eigenvalue weighted by atomic mass is 9.92. The summed E-state index contributed by atoms with van der Waals surface area (Å²) in [6.45, 7) is 6.16. The molecule has 0 bridgehead atoms. The van der Waals surface area contributed by atoms with Crippen molar-refractivity contribution < 1.29 is 9.21 Å². The molecule has 6 heteroatoms. The molecule has 1 aromatic heterocycles. The predicted molar refractivity (Wildman–Crippen MR) is 50.7 cm³/mol. The van der Waals surface area contributed by atoms with E-state index >= 15 is 0 Å². The van der Waals surface area contributed by atoms with Gasteiger partial charge in [0.05, 0.1) is 0 Å². The minimum atomic E-state index is -0.712. The van der Waals surface area contributed by atoms with Gasteiger partial charge in [-0.15, -0.1) is 5.10 Å². The number of nitrogens with two attached hydrogens (primary N) is 1. The van der Waals surface area contributed by atoms with Gasteiger partial charge in [0.25, 0.3) is 0 Å². The van der Waals surface area contributed by atoms with Crippen LogP contribution in [0.5, 0.6) is 0 Å². The molecule has 0 saturated heterocycles. The van der Waals surface area contributed by atoms with E-state index in [1.54, 1.807) is 0 Å². The maximum atomic E-state index is 10.4. The Hall–Kier alpha value is -1.59. The fourth-order valence-corrected chi connectivity index (χ4v) is 0.935. The fourth-order valence-electron chi connectivity index (χ4n) is 0.935. The van der Waals surface area contributed by atoms with E-state index in [4.69, 9.17) is 10.2 Å². The molecular formula is C8H14N4O2. The van der Waals surface area contributed by atoms with Gasteiger partial charge in [0.2, 0.25) is 5.89 Å². The van der Waals surface area contributed by atoms with E-state index < -0.39 is 6.03 Å². The first-order valence-corrected chi connectivity index (χ1v) is 4.26. The highest BCUT2D eigenvalue weighted by molar-refractivity contribution is 5.85. The van der Waals surface area contributed by atoms with E-state index in [0.29, 0.717) is 12.3 Å². The number of nitrogens with zero attached hydrogens (tertiary/aromatic N) is 2. The lowest BCUT2D eigenvalue weighted by Gasteiger charge is -2.14.